The van der Waals surface area contributed by atoms with Crippen LogP contribution in [-0.4, -0.2) is 18.4 Å². The Hall–Kier alpha value is -3.34. The molecule has 0 aromatic heterocycles. The molecule has 0 spiro atoms. The van der Waals surface area contributed by atoms with Crippen LogP contribution in [-0.2, 0) is 20.9 Å². The summed E-state index contributed by atoms with van der Waals surface area (Å²) in [6, 6.07) is 17.3. The molecule has 1 N–H and O–H groups in total. The standard InChI is InChI=1S/C28H31NO4/c1-5-32-21-13-11-20(12-14-21)25-24(27(31)33-17-19-9-7-6-8-10-19)18(2)29-22-15-28(3,4)16-23(30)26(22)25/h6-14,25,29H,5,15-17H2,1-4H3/t25-/m1/s1. The van der Waals surface area contributed by atoms with Crippen LogP contribution in [0.4, 0.5) is 0 Å². The van der Waals surface area contributed by atoms with Gasteiger partial charge in [0, 0.05) is 29.3 Å². The molecule has 1 atom stereocenters. The van der Waals surface area contributed by atoms with Crippen molar-refractivity contribution in [2.75, 3.05) is 6.61 Å². The first kappa shape index (κ1) is 22.8. The molecule has 2 aliphatic rings. The number of dihydropyridines is 1. The fourth-order valence-electron chi connectivity index (χ4n) is 4.76. The number of Topliss-reactive ketones (excluding diaryl/α,β-unsaturated/α-hetero) is 1. The largest absolute Gasteiger partial charge is 0.494 e. The third-order valence-electron chi connectivity index (χ3n) is 6.20. The third-order valence-corrected chi connectivity index (χ3v) is 6.20. The van der Waals surface area contributed by atoms with Gasteiger partial charge in [0.15, 0.2) is 5.78 Å². The molecule has 0 bridgehead atoms. The van der Waals surface area contributed by atoms with Crippen molar-refractivity contribution in [3.05, 3.63) is 88.3 Å². The third kappa shape index (κ3) is 4.87. The Labute approximate surface area is 195 Å². The number of ketones is 1. The molecule has 0 amide bonds. The Morgan fingerprint density at radius 1 is 1.06 bits per heavy atom. The van der Waals surface area contributed by atoms with Gasteiger partial charge in [0.1, 0.15) is 12.4 Å². The second-order valence-electron chi connectivity index (χ2n) is 9.49. The number of carbonyl (C=O) groups excluding carboxylic acids is 2. The van der Waals surface area contributed by atoms with Crippen LogP contribution in [0.2, 0.25) is 0 Å². The van der Waals surface area contributed by atoms with Gasteiger partial charge in [0.05, 0.1) is 12.2 Å². The zero-order valence-corrected chi connectivity index (χ0v) is 19.7. The molecule has 0 radical (unpaired) electrons. The monoisotopic (exact) mass is 445 g/mol. The molecule has 0 saturated heterocycles. The number of benzene rings is 2. The second-order valence-corrected chi connectivity index (χ2v) is 9.49. The van der Waals surface area contributed by atoms with E-state index in [2.05, 4.69) is 19.2 Å². The fourth-order valence-corrected chi connectivity index (χ4v) is 4.76. The van der Waals surface area contributed by atoms with Gasteiger partial charge in [0.2, 0.25) is 0 Å². The number of hydrogen-bond acceptors (Lipinski definition) is 5. The molecule has 4 rings (SSSR count). The molecular weight excluding hydrogens is 414 g/mol. The van der Waals surface area contributed by atoms with Gasteiger partial charge in [-0.15, -0.1) is 0 Å². The van der Waals surface area contributed by atoms with Gasteiger partial charge >= 0.3 is 5.97 Å². The summed E-state index contributed by atoms with van der Waals surface area (Å²) in [5, 5.41) is 3.38. The molecule has 1 heterocycles. The van der Waals surface area contributed by atoms with Crippen molar-refractivity contribution in [1.29, 1.82) is 0 Å². The van der Waals surface area contributed by atoms with Gasteiger partial charge in [-0.2, -0.15) is 0 Å². The van der Waals surface area contributed by atoms with E-state index < -0.39 is 11.9 Å². The molecule has 1 aliphatic carbocycles. The number of rotatable bonds is 6. The molecule has 1 aliphatic heterocycles. The molecule has 5 nitrogen and oxygen atoms in total. The highest BCUT2D eigenvalue weighted by Gasteiger charge is 2.43. The lowest BCUT2D eigenvalue weighted by atomic mass is 9.68. The predicted molar refractivity (Wildman–Crippen MR) is 127 cm³/mol. The normalized spacial score (nSPS) is 19.6. The smallest absolute Gasteiger partial charge is 0.337 e. The van der Waals surface area contributed by atoms with Crippen molar-refractivity contribution in [2.24, 2.45) is 5.41 Å². The highest BCUT2D eigenvalue weighted by molar-refractivity contribution is 6.04. The average Bonchev–Trinajstić information content (AvgIpc) is 2.77. The Morgan fingerprint density at radius 3 is 2.42 bits per heavy atom. The number of carbonyl (C=O) groups is 2. The zero-order chi connectivity index (χ0) is 23.6. The van der Waals surface area contributed by atoms with Crippen molar-refractivity contribution in [3.63, 3.8) is 0 Å². The van der Waals surface area contributed by atoms with Crippen molar-refractivity contribution in [3.8, 4) is 5.75 Å². The zero-order valence-electron chi connectivity index (χ0n) is 19.7. The van der Waals surface area contributed by atoms with E-state index in [1.54, 1.807) is 0 Å². The van der Waals surface area contributed by atoms with E-state index in [9.17, 15) is 9.59 Å². The molecular formula is C28H31NO4. The van der Waals surface area contributed by atoms with E-state index in [1.807, 2.05) is 68.4 Å². The number of ether oxygens (including phenoxy) is 2. The van der Waals surface area contributed by atoms with Crippen molar-refractivity contribution < 1.29 is 19.1 Å². The Bertz CT molecular complexity index is 1110. The minimum atomic E-state index is -0.469. The summed E-state index contributed by atoms with van der Waals surface area (Å²) in [6.45, 7) is 8.78. The van der Waals surface area contributed by atoms with Gasteiger partial charge in [-0.05, 0) is 48.9 Å². The Balaban J connectivity index is 1.72. The first-order chi connectivity index (χ1) is 15.8. The molecule has 2 aromatic carbocycles. The van der Waals surface area contributed by atoms with Crippen LogP contribution in [0.1, 0.15) is 57.6 Å². The summed E-state index contributed by atoms with van der Waals surface area (Å²) in [5.41, 5.74) is 4.48. The quantitative estimate of drug-likeness (QED) is 0.601. The first-order valence-corrected chi connectivity index (χ1v) is 11.5. The van der Waals surface area contributed by atoms with Crippen LogP contribution in [0.15, 0.2) is 77.1 Å². The fraction of sp³-hybridized carbons (Fsp3) is 0.357. The highest BCUT2D eigenvalue weighted by atomic mass is 16.5. The molecule has 0 fully saturated rings. The predicted octanol–water partition coefficient (Wildman–Crippen LogP) is 5.43. The first-order valence-electron chi connectivity index (χ1n) is 11.5. The van der Waals surface area contributed by atoms with E-state index in [0.29, 0.717) is 24.2 Å². The summed E-state index contributed by atoms with van der Waals surface area (Å²) in [7, 11) is 0. The lowest BCUT2D eigenvalue weighted by Crippen LogP contribution is -2.38. The number of nitrogens with one attached hydrogen (secondary N) is 1. The van der Waals surface area contributed by atoms with E-state index in [-0.39, 0.29) is 17.8 Å². The van der Waals surface area contributed by atoms with Crippen molar-refractivity contribution >= 4 is 11.8 Å². The van der Waals surface area contributed by atoms with Gasteiger partial charge in [-0.25, -0.2) is 4.79 Å². The number of allylic oxidation sites excluding steroid dienone is 3. The maximum absolute atomic E-state index is 13.4. The van der Waals surface area contributed by atoms with E-state index in [0.717, 1.165) is 34.7 Å². The van der Waals surface area contributed by atoms with Gasteiger partial charge < -0.3 is 14.8 Å². The van der Waals surface area contributed by atoms with E-state index >= 15 is 0 Å². The van der Waals surface area contributed by atoms with Crippen LogP contribution in [0.3, 0.4) is 0 Å². The SMILES string of the molecule is CCOc1ccc([C@@H]2C(C(=O)OCc3ccccc3)=C(C)NC3=C2C(=O)CC(C)(C)C3)cc1. The summed E-state index contributed by atoms with van der Waals surface area (Å²) in [4.78, 5) is 26.7. The van der Waals surface area contributed by atoms with Crippen LogP contribution < -0.4 is 10.1 Å². The van der Waals surface area contributed by atoms with Gasteiger partial charge in [-0.1, -0.05) is 56.3 Å². The lowest BCUT2D eigenvalue weighted by Gasteiger charge is -2.39. The van der Waals surface area contributed by atoms with Crippen molar-refractivity contribution in [2.45, 2.75) is 53.1 Å². The van der Waals surface area contributed by atoms with E-state index in [4.69, 9.17) is 9.47 Å². The molecule has 5 heteroatoms. The average molecular weight is 446 g/mol. The summed E-state index contributed by atoms with van der Waals surface area (Å²) in [5.74, 6) is -0.0430. The van der Waals surface area contributed by atoms with Crippen LogP contribution >= 0.6 is 0 Å². The van der Waals surface area contributed by atoms with Crippen molar-refractivity contribution in [1.82, 2.24) is 5.32 Å². The molecule has 0 saturated carbocycles. The molecule has 33 heavy (non-hydrogen) atoms. The lowest BCUT2D eigenvalue weighted by molar-refractivity contribution is -0.140. The van der Waals surface area contributed by atoms with E-state index in [1.165, 1.54) is 0 Å². The Kier molecular flexibility index (Phi) is 6.41. The maximum Gasteiger partial charge on any atom is 0.337 e. The van der Waals surface area contributed by atoms with Crippen LogP contribution in [0, 0.1) is 5.41 Å². The number of esters is 1. The number of hydrogen-bond donors (Lipinski definition) is 1. The summed E-state index contributed by atoms with van der Waals surface area (Å²) < 4.78 is 11.3. The second kappa shape index (κ2) is 9.26. The van der Waals surface area contributed by atoms with Crippen LogP contribution in [0.25, 0.3) is 0 Å². The highest BCUT2D eigenvalue weighted by Crippen LogP contribution is 2.47. The maximum atomic E-state index is 13.4. The minimum Gasteiger partial charge on any atom is -0.494 e. The molecule has 172 valence electrons. The van der Waals surface area contributed by atoms with Crippen LogP contribution in [0.5, 0.6) is 5.75 Å². The minimum absolute atomic E-state index is 0.0773. The summed E-state index contributed by atoms with van der Waals surface area (Å²) >= 11 is 0. The van der Waals surface area contributed by atoms with Gasteiger partial charge in [-0.3, -0.25) is 4.79 Å². The topological polar surface area (TPSA) is 64.6 Å². The molecule has 2 aromatic rings. The molecule has 0 unspecified atom stereocenters. The summed E-state index contributed by atoms with van der Waals surface area (Å²) in [6.07, 6.45) is 1.21. The Morgan fingerprint density at radius 2 is 1.76 bits per heavy atom. The van der Waals surface area contributed by atoms with Gasteiger partial charge in [0.25, 0.3) is 0 Å².